The van der Waals surface area contributed by atoms with Gasteiger partial charge in [-0.15, -0.1) is 11.3 Å². The second-order valence-corrected chi connectivity index (χ2v) is 7.29. The number of carbonyl (C=O) groups excluding carboxylic acids is 2. The zero-order valence-corrected chi connectivity index (χ0v) is 15.0. The molecule has 5 nitrogen and oxygen atoms in total. The summed E-state index contributed by atoms with van der Waals surface area (Å²) in [6.45, 7) is 1.41. The van der Waals surface area contributed by atoms with Gasteiger partial charge in [0.25, 0.3) is 5.91 Å². The number of anilines is 2. The van der Waals surface area contributed by atoms with E-state index in [-0.39, 0.29) is 11.8 Å². The van der Waals surface area contributed by atoms with E-state index in [1.165, 1.54) is 4.88 Å². The Kier molecular flexibility index (Phi) is 4.58. The fourth-order valence-corrected chi connectivity index (χ4v) is 3.90. The maximum atomic E-state index is 12.7. The van der Waals surface area contributed by atoms with E-state index in [4.69, 9.17) is 0 Å². The molecule has 1 N–H and O–H groups in total. The Morgan fingerprint density at radius 2 is 2.08 bits per heavy atom. The molecule has 3 aromatic rings. The first-order chi connectivity index (χ1) is 12.7. The fraction of sp³-hybridized carbons (Fsp3) is 0.200. The molecule has 0 aliphatic carbocycles. The molecule has 1 aromatic carbocycles. The largest absolute Gasteiger partial charge is 0.338 e. The van der Waals surface area contributed by atoms with E-state index in [0.29, 0.717) is 24.3 Å². The summed E-state index contributed by atoms with van der Waals surface area (Å²) in [4.78, 5) is 27.6. The Hall–Kier alpha value is -2.86. The number of hydrogen-bond acceptors (Lipinski definition) is 3. The molecule has 4 rings (SSSR count). The van der Waals surface area contributed by atoms with Gasteiger partial charge in [0.1, 0.15) is 5.69 Å². The van der Waals surface area contributed by atoms with Crippen molar-refractivity contribution >= 4 is 34.5 Å². The number of benzene rings is 1. The summed E-state index contributed by atoms with van der Waals surface area (Å²) in [6.07, 6.45) is 3.38. The predicted molar refractivity (Wildman–Crippen MR) is 104 cm³/mol. The van der Waals surface area contributed by atoms with E-state index < -0.39 is 0 Å². The smallest absolute Gasteiger partial charge is 0.272 e. The minimum Gasteiger partial charge on any atom is -0.338 e. The van der Waals surface area contributed by atoms with Crippen molar-refractivity contribution in [1.29, 1.82) is 0 Å². The number of amides is 2. The second kappa shape index (κ2) is 7.17. The molecule has 0 unspecified atom stereocenters. The zero-order chi connectivity index (χ0) is 17.9. The molecular formula is C20H19N3O2S. The second-order valence-electron chi connectivity index (χ2n) is 6.25. The average molecular weight is 365 g/mol. The summed E-state index contributed by atoms with van der Waals surface area (Å²) in [5.74, 6) is -0.0187. The van der Waals surface area contributed by atoms with Crippen LogP contribution in [0.3, 0.4) is 0 Å². The van der Waals surface area contributed by atoms with Gasteiger partial charge in [0.05, 0.1) is 6.54 Å². The maximum Gasteiger partial charge on any atom is 0.272 e. The normalized spacial score (nSPS) is 14.0. The van der Waals surface area contributed by atoms with Crippen molar-refractivity contribution in [3.63, 3.8) is 0 Å². The Morgan fingerprint density at radius 3 is 2.85 bits per heavy atom. The van der Waals surface area contributed by atoms with Gasteiger partial charge >= 0.3 is 0 Å². The lowest BCUT2D eigenvalue weighted by Crippen LogP contribution is -2.24. The van der Waals surface area contributed by atoms with Gasteiger partial charge in [-0.3, -0.25) is 9.59 Å². The van der Waals surface area contributed by atoms with E-state index in [2.05, 4.69) is 11.4 Å². The van der Waals surface area contributed by atoms with Crippen molar-refractivity contribution in [2.24, 2.45) is 0 Å². The molecule has 0 bridgehead atoms. The zero-order valence-electron chi connectivity index (χ0n) is 14.2. The minimum atomic E-state index is -0.156. The van der Waals surface area contributed by atoms with Gasteiger partial charge in [-0.2, -0.15) is 0 Å². The highest BCUT2D eigenvalue weighted by Gasteiger charge is 2.22. The molecule has 2 aromatic heterocycles. The van der Waals surface area contributed by atoms with Crippen LogP contribution in [0.1, 0.15) is 28.2 Å². The molecule has 2 amide bonds. The molecule has 26 heavy (non-hydrogen) atoms. The van der Waals surface area contributed by atoms with Crippen LogP contribution < -0.4 is 10.2 Å². The first-order valence-corrected chi connectivity index (χ1v) is 9.48. The van der Waals surface area contributed by atoms with E-state index in [9.17, 15) is 9.59 Å². The topological polar surface area (TPSA) is 54.3 Å². The SMILES string of the molecule is O=C(Nc1cccc(N2CCCC2=O)c1)c1cccn1Cc1cccs1. The van der Waals surface area contributed by atoms with E-state index in [1.807, 2.05) is 58.6 Å². The van der Waals surface area contributed by atoms with Gasteiger partial charge in [0, 0.05) is 35.4 Å². The quantitative estimate of drug-likeness (QED) is 0.744. The van der Waals surface area contributed by atoms with Gasteiger partial charge in [-0.25, -0.2) is 0 Å². The predicted octanol–water partition coefficient (Wildman–Crippen LogP) is 3.98. The van der Waals surface area contributed by atoms with Crippen molar-refractivity contribution in [3.05, 3.63) is 70.7 Å². The van der Waals surface area contributed by atoms with Crippen LogP contribution in [0.15, 0.2) is 60.1 Å². The molecule has 1 aliphatic rings. The monoisotopic (exact) mass is 365 g/mol. The number of carbonyl (C=O) groups is 2. The molecule has 0 radical (unpaired) electrons. The van der Waals surface area contributed by atoms with Crippen LogP contribution in [0, 0.1) is 0 Å². The van der Waals surface area contributed by atoms with Gasteiger partial charge in [0.15, 0.2) is 0 Å². The molecule has 0 saturated carbocycles. The molecule has 0 spiro atoms. The summed E-state index contributed by atoms with van der Waals surface area (Å²) in [5.41, 5.74) is 2.14. The lowest BCUT2D eigenvalue weighted by molar-refractivity contribution is -0.117. The van der Waals surface area contributed by atoms with Crippen molar-refractivity contribution in [1.82, 2.24) is 4.57 Å². The Bertz CT molecular complexity index is 930. The molecule has 1 fully saturated rings. The van der Waals surface area contributed by atoms with Crippen molar-refractivity contribution < 1.29 is 9.59 Å². The molecule has 3 heterocycles. The molecule has 6 heteroatoms. The first kappa shape index (κ1) is 16.6. The summed E-state index contributed by atoms with van der Waals surface area (Å²) in [5, 5.41) is 4.98. The Labute approximate surface area is 155 Å². The average Bonchev–Trinajstić information content (AvgIpc) is 3.37. The Balaban J connectivity index is 1.50. The minimum absolute atomic E-state index is 0.137. The first-order valence-electron chi connectivity index (χ1n) is 8.60. The van der Waals surface area contributed by atoms with Gasteiger partial charge < -0.3 is 14.8 Å². The highest BCUT2D eigenvalue weighted by Crippen LogP contribution is 2.24. The third-order valence-corrected chi connectivity index (χ3v) is 5.32. The van der Waals surface area contributed by atoms with Gasteiger partial charge in [-0.05, 0) is 48.2 Å². The standard InChI is InChI=1S/C20H19N3O2S/c24-19-9-3-11-23(19)16-6-1-5-15(13-16)21-20(25)18-8-2-10-22(18)14-17-7-4-12-26-17/h1-2,4-8,10,12-13H,3,9,11,14H2,(H,21,25). The number of aromatic nitrogens is 1. The molecular weight excluding hydrogens is 346 g/mol. The summed E-state index contributed by atoms with van der Waals surface area (Å²) < 4.78 is 1.94. The number of thiophene rings is 1. The maximum absolute atomic E-state index is 12.7. The summed E-state index contributed by atoms with van der Waals surface area (Å²) >= 11 is 1.67. The van der Waals surface area contributed by atoms with Crippen LogP contribution in [0.25, 0.3) is 0 Å². The van der Waals surface area contributed by atoms with Crippen molar-refractivity contribution in [2.75, 3.05) is 16.8 Å². The number of rotatable bonds is 5. The van der Waals surface area contributed by atoms with Gasteiger partial charge in [-0.1, -0.05) is 12.1 Å². The van der Waals surface area contributed by atoms with Crippen LogP contribution in [-0.2, 0) is 11.3 Å². The lowest BCUT2D eigenvalue weighted by Gasteiger charge is -2.17. The Morgan fingerprint density at radius 1 is 1.15 bits per heavy atom. The van der Waals surface area contributed by atoms with Crippen LogP contribution in [-0.4, -0.2) is 22.9 Å². The van der Waals surface area contributed by atoms with Crippen LogP contribution >= 0.6 is 11.3 Å². The lowest BCUT2D eigenvalue weighted by atomic mass is 10.2. The van der Waals surface area contributed by atoms with E-state index >= 15 is 0 Å². The van der Waals surface area contributed by atoms with Gasteiger partial charge in [0.2, 0.25) is 5.91 Å². The summed E-state index contributed by atoms with van der Waals surface area (Å²) in [7, 11) is 0. The highest BCUT2D eigenvalue weighted by atomic mass is 32.1. The van der Waals surface area contributed by atoms with E-state index in [1.54, 1.807) is 16.2 Å². The highest BCUT2D eigenvalue weighted by molar-refractivity contribution is 7.09. The van der Waals surface area contributed by atoms with Crippen molar-refractivity contribution in [2.45, 2.75) is 19.4 Å². The number of nitrogens with zero attached hydrogens (tertiary/aromatic N) is 2. The van der Waals surface area contributed by atoms with E-state index in [0.717, 1.165) is 18.7 Å². The fourth-order valence-electron chi connectivity index (χ4n) is 3.20. The van der Waals surface area contributed by atoms with Crippen LogP contribution in [0.2, 0.25) is 0 Å². The third kappa shape index (κ3) is 3.41. The van der Waals surface area contributed by atoms with Crippen molar-refractivity contribution in [3.8, 4) is 0 Å². The molecule has 1 aliphatic heterocycles. The molecule has 1 saturated heterocycles. The third-order valence-electron chi connectivity index (χ3n) is 4.46. The summed E-state index contributed by atoms with van der Waals surface area (Å²) in [6, 6.07) is 15.2. The van der Waals surface area contributed by atoms with Crippen LogP contribution in [0.4, 0.5) is 11.4 Å². The number of hydrogen-bond donors (Lipinski definition) is 1. The molecule has 132 valence electrons. The number of nitrogens with one attached hydrogen (secondary N) is 1. The molecule has 0 atom stereocenters. The van der Waals surface area contributed by atoms with Crippen LogP contribution in [0.5, 0.6) is 0 Å².